The topological polar surface area (TPSA) is 70.5 Å². The monoisotopic (exact) mass is 284 g/mol. The zero-order valence-corrected chi connectivity index (χ0v) is 11.9. The number of piperidine rings is 1. The molecule has 0 aliphatic carbocycles. The highest BCUT2D eigenvalue weighted by atomic mass is 32.2. The number of aromatic nitrogens is 1. The number of rotatable bonds is 4. The van der Waals surface area contributed by atoms with E-state index in [1.807, 2.05) is 0 Å². The van der Waals surface area contributed by atoms with Gasteiger partial charge in [-0.25, -0.2) is 13.4 Å². The van der Waals surface area contributed by atoms with E-state index in [9.17, 15) is 8.42 Å². The Morgan fingerprint density at radius 2 is 2.26 bits per heavy atom. The maximum Gasteiger partial charge on any atom is 0.260 e. The van der Waals surface area contributed by atoms with Crippen LogP contribution in [0.3, 0.4) is 0 Å². The fraction of sp³-hybridized carbons (Fsp3) is 0.615. The number of pyridine rings is 1. The van der Waals surface area contributed by atoms with Crippen LogP contribution in [0.5, 0.6) is 0 Å². The van der Waals surface area contributed by atoms with Crippen molar-refractivity contribution in [3.05, 3.63) is 23.9 Å². The van der Waals surface area contributed by atoms with E-state index in [4.69, 9.17) is 5.11 Å². The van der Waals surface area contributed by atoms with Gasteiger partial charge in [0.1, 0.15) is 0 Å². The summed E-state index contributed by atoms with van der Waals surface area (Å²) in [6, 6.07) is 3.07. The quantitative estimate of drug-likeness (QED) is 0.907. The first-order valence-corrected chi connectivity index (χ1v) is 8.08. The number of aliphatic hydroxyl groups excluding tert-OH is 1. The zero-order valence-electron chi connectivity index (χ0n) is 11.1. The molecule has 2 rings (SSSR count). The van der Waals surface area contributed by atoms with Crippen LogP contribution in [0.4, 0.5) is 0 Å². The third-order valence-corrected chi connectivity index (χ3v) is 5.43. The third-order valence-electron chi connectivity index (χ3n) is 3.64. The summed E-state index contributed by atoms with van der Waals surface area (Å²) >= 11 is 0. The standard InChI is InChI=1S/C13H20N2O3S/c1-2-11-4-3-7-15(9-11)19(17,18)13-6-5-12(10-16)8-14-13/h5-6,8,11,16H,2-4,7,9-10H2,1H3. The van der Waals surface area contributed by atoms with Crippen molar-refractivity contribution < 1.29 is 13.5 Å². The molecule has 106 valence electrons. The molecule has 1 N–H and O–H groups in total. The summed E-state index contributed by atoms with van der Waals surface area (Å²) in [7, 11) is -3.49. The summed E-state index contributed by atoms with van der Waals surface area (Å²) in [6.45, 7) is 3.12. The van der Waals surface area contributed by atoms with Gasteiger partial charge in [-0.3, -0.25) is 0 Å². The van der Waals surface area contributed by atoms with Crippen molar-refractivity contribution in [3.8, 4) is 0 Å². The van der Waals surface area contributed by atoms with Crippen LogP contribution in [0, 0.1) is 5.92 Å². The van der Waals surface area contributed by atoms with Crippen molar-refractivity contribution in [2.24, 2.45) is 5.92 Å². The molecule has 0 saturated carbocycles. The maximum atomic E-state index is 12.4. The van der Waals surface area contributed by atoms with Crippen LogP contribution in [0.15, 0.2) is 23.4 Å². The molecule has 0 radical (unpaired) electrons. The Bertz CT molecular complexity index is 513. The molecule has 1 aliphatic heterocycles. The molecule has 1 fully saturated rings. The van der Waals surface area contributed by atoms with Gasteiger partial charge in [-0.1, -0.05) is 19.4 Å². The minimum atomic E-state index is -3.49. The average Bonchev–Trinajstić information content (AvgIpc) is 2.47. The van der Waals surface area contributed by atoms with Gasteiger partial charge in [0.15, 0.2) is 5.03 Å². The fourth-order valence-electron chi connectivity index (χ4n) is 2.37. The molecule has 0 aromatic carbocycles. The second-order valence-corrected chi connectivity index (χ2v) is 6.83. The van der Waals surface area contributed by atoms with E-state index in [1.165, 1.54) is 16.6 Å². The van der Waals surface area contributed by atoms with Crippen LogP contribution >= 0.6 is 0 Å². The van der Waals surface area contributed by atoms with E-state index in [2.05, 4.69) is 11.9 Å². The Morgan fingerprint density at radius 1 is 1.47 bits per heavy atom. The van der Waals surface area contributed by atoms with Gasteiger partial charge in [0.05, 0.1) is 6.61 Å². The smallest absolute Gasteiger partial charge is 0.260 e. The zero-order chi connectivity index (χ0) is 13.9. The van der Waals surface area contributed by atoms with Crippen LogP contribution in [0.2, 0.25) is 0 Å². The summed E-state index contributed by atoms with van der Waals surface area (Å²) < 4.78 is 26.4. The minimum Gasteiger partial charge on any atom is -0.392 e. The Balaban J connectivity index is 2.20. The van der Waals surface area contributed by atoms with Gasteiger partial charge in [0.25, 0.3) is 10.0 Å². The van der Waals surface area contributed by atoms with Crippen molar-refractivity contribution in [3.63, 3.8) is 0 Å². The Morgan fingerprint density at radius 3 is 2.84 bits per heavy atom. The van der Waals surface area contributed by atoms with E-state index >= 15 is 0 Å². The van der Waals surface area contributed by atoms with Crippen LogP contribution in [-0.2, 0) is 16.6 Å². The molecule has 19 heavy (non-hydrogen) atoms. The molecular formula is C13H20N2O3S. The molecule has 1 aromatic heterocycles. The molecule has 0 bridgehead atoms. The highest BCUT2D eigenvalue weighted by molar-refractivity contribution is 7.89. The largest absolute Gasteiger partial charge is 0.392 e. The van der Waals surface area contributed by atoms with Gasteiger partial charge in [-0.05, 0) is 30.4 Å². The van der Waals surface area contributed by atoms with Crippen molar-refractivity contribution in [1.29, 1.82) is 0 Å². The van der Waals surface area contributed by atoms with Crippen molar-refractivity contribution in [1.82, 2.24) is 9.29 Å². The molecule has 0 amide bonds. The second kappa shape index (κ2) is 5.98. The van der Waals surface area contributed by atoms with Gasteiger partial charge >= 0.3 is 0 Å². The molecular weight excluding hydrogens is 264 g/mol. The molecule has 0 spiro atoms. The summed E-state index contributed by atoms with van der Waals surface area (Å²) in [5.41, 5.74) is 0.615. The predicted molar refractivity (Wildman–Crippen MR) is 71.9 cm³/mol. The molecule has 1 atom stereocenters. The van der Waals surface area contributed by atoms with Gasteiger partial charge in [-0.15, -0.1) is 0 Å². The first-order chi connectivity index (χ1) is 9.07. The van der Waals surface area contributed by atoms with Crippen LogP contribution in [-0.4, -0.2) is 35.9 Å². The molecule has 5 nitrogen and oxygen atoms in total. The van der Waals surface area contributed by atoms with E-state index in [-0.39, 0.29) is 11.6 Å². The Kier molecular flexibility index (Phi) is 4.54. The molecule has 6 heteroatoms. The molecule has 1 aliphatic rings. The lowest BCUT2D eigenvalue weighted by molar-refractivity contribution is 0.261. The lowest BCUT2D eigenvalue weighted by atomic mass is 9.97. The van der Waals surface area contributed by atoms with Crippen LogP contribution < -0.4 is 0 Å². The van der Waals surface area contributed by atoms with Gasteiger partial charge in [0.2, 0.25) is 0 Å². The lowest BCUT2D eigenvalue weighted by Crippen LogP contribution is -2.40. The van der Waals surface area contributed by atoms with E-state index < -0.39 is 10.0 Å². The Hall–Kier alpha value is -0.980. The highest BCUT2D eigenvalue weighted by Crippen LogP contribution is 2.24. The predicted octanol–water partition coefficient (Wildman–Crippen LogP) is 1.38. The summed E-state index contributed by atoms with van der Waals surface area (Å²) in [5.74, 6) is 0.445. The fourth-order valence-corrected chi connectivity index (χ4v) is 3.83. The van der Waals surface area contributed by atoms with Crippen molar-refractivity contribution in [2.45, 2.75) is 37.8 Å². The third kappa shape index (κ3) is 3.13. The van der Waals surface area contributed by atoms with E-state index in [1.54, 1.807) is 6.07 Å². The van der Waals surface area contributed by atoms with Gasteiger partial charge in [0, 0.05) is 19.3 Å². The number of hydrogen-bond donors (Lipinski definition) is 1. The van der Waals surface area contributed by atoms with Gasteiger partial charge < -0.3 is 5.11 Å². The van der Waals surface area contributed by atoms with Crippen LogP contribution in [0.25, 0.3) is 0 Å². The molecule has 2 heterocycles. The lowest BCUT2D eigenvalue weighted by Gasteiger charge is -2.31. The Labute approximate surface area is 114 Å². The number of aliphatic hydroxyl groups is 1. The van der Waals surface area contributed by atoms with E-state index in [0.29, 0.717) is 24.6 Å². The number of sulfonamides is 1. The normalized spacial score (nSPS) is 21.5. The van der Waals surface area contributed by atoms with Crippen molar-refractivity contribution >= 4 is 10.0 Å². The van der Waals surface area contributed by atoms with Crippen LogP contribution in [0.1, 0.15) is 31.7 Å². The summed E-state index contributed by atoms with van der Waals surface area (Å²) in [4.78, 5) is 3.96. The number of hydrogen-bond acceptors (Lipinski definition) is 4. The highest BCUT2D eigenvalue weighted by Gasteiger charge is 2.30. The summed E-state index contributed by atoms with van der Waals surface area (Å²) in [6.07, 6.45) is 4.42. The minimum absolute atomic E-state index is 0.0708. The molecule has 1 saturated heterocycles. The van der Waals surface area contributed by atoms with Gasteiger partial charge in [-0.2, -0.15) is 4.31 Å². The summed E-state index contributed by atoms with van der Waals surface area (Å²) in [5, 5.41) is 9.02. The van der Waals surface area contributed by atoms with Crippen molar-refractivity contribution in [2.75, 3.05) is 13.1 Å². The first-order valence-electron chi connectivity index (χ1n) is 6.64. The van der Waals surface area contributed by atoms with E-state index in [0.717, 1.165) is 19.3 Å². The average molecular weight is 284 g/mol. The second-order valence-electron chi connectivity index (χ2n) is 4.94. The molecule has 1 aromatic rings. The number of nitrogens with zero attached hydrogens (tertiary/aromatic N) is 2. The SMILES string of the molecule is CCC1CCCN(S(=O)(=O)c2ccc(CO)cn2)C1. The maximum absolute atomic E-state index is 12.4. The first kappa shape index (κ1) is 14.4. The molecule has 1 unspecified atom stereocenters.